The first kappa shape index (κ1) is 7.97. The van der Waals surface area contributed by atoms with Crippen LogP contribution in [-0.4, -0.2) is 16.7 Å². The van der Waals surface area contributed by atoms with Gasteiger partial charge in [-0.25, -0.2) is 0 Å². The number of hydrogen-bond donors (Lipinski definition) is 3. The Labute approximate surface area is 63.7 Å². The van der Waals surface area contributed by atoms with E-state index in [0.29, 0.717) is 5.69 Å². The predicted octanol–water partition coefficient (Wildman–Crippen LogP) is -0.633. The van der Waals surface area contributed by atoms with E-state index in [-0.39, 0.29) is 12.2 Å². The second-order valence-electron chi connectivity index (χ2n) is 2.26. The maximum atomic E-state index is 10.7. The number of pyridine rings is 1. The normalized spacial score (nSPS) is 12.9. The van der Waals surface area contributed by atoms with E-state index in [1.807, 2.05) is 0 Å². The Bertz CT molecular complexity index is 282. The highest BCUT2D eigenvalue weighted by atomic mass is 16.3. The first-order valence-corrected chi connectivity index (χ1v) is 3.29. The maximum Gasteiger partial charge on any atom is 0.248 e. The molecule has 0 unspecified atom stereocenters. The van der Waals surface area contributed by atoms with E-state index >= 15 is 0 Å². The molecule has 0 aliphatic carbocycles. The van der Waals surface area contributed by atoms with Crippen molar-refractivity contribution in [2.45, 2.75) is 6.04 Å². The summed E-state index contributed by atoms with van der Waals surface area (Å²) in [7, 11) is 0. The van der Waals surface area contributed by atoms with Crippen molar-refractivity contribution in [3.63, 3.8) is 0 Å². The minimum atomic E-state index is -0.496. The molecule has 0 saturated heterocycles. The number of aliphatic hydroxyl groups excluding tert-OH is 1. The number of aliphatic hydroxyl groups is 1. The van der Waals surface area contributed by atoms with Crippen LogP contribution in [0.4, 0.5) is 0 Å². The van der Waals surface area contributed by atoms with Gasteiger partial charge in [-0.15, -0.1) is 0 Å². The van der Waals surface area contributed by atoms with Crippen molar-refractivity contribution in [3.05, 3.63) is 34.2 Å². The quantitative estimate of drug-likeness (QED) is 0.530. The molecule has 1 heterocycles. The molecule has 1 aromatic rings. The number of rotatable bonds is 2. The van der Waals surface area contributed by atoms with Crippen LogP contribution in [0.1, 0.15) is 11.7 Å². The lowest BCUT2D eigenvalue weighted by Crippen LogP contribution is -2.19. The summed E-state index contributed by atoms with van der Waals surface area (Å²) in [5, 5.41) is 8.63. The molecule has 4 nitrogen and oxygen atoms in total. The van der Waals surface area contributed by atoms with E-state index in [0.717, 1.165) is 0 Å². The third-order valence-corrected chi connectivity index (χ3v) is 1.39. The molecule has 0 aliphatic rings. The van der Waals surface area contributed by atoms with Crippen LogP contribution >= 0.6 is 0 Å². The number of aromatic amines is 1. The van der Waals surface area contributed by atoms with Gasteiger partial charge in [0.25, 0.3) is 0 Å². The Morgan fingerprint density at radius 3 is 2.91 bits per heavy atom. The molecule has 11 heavy (non-hydrogen) atoms. The van der Waals surface area contributed by atoms with Gasteiger partial charge in [0.05, 0.1) is 12.6 Å². The standard InChI is InChI=1S/C7H10N2O2/c8-5(4-10)6-2-1-3-7(11)9-6/h1-3,5,10H,4,8H2,(H,9,11)/t5-/m1/s1. The summed E-state index contributed by atoms with van der Waals surface area (Å²) in [5.41, 5.74) is 5.80. The van der Waals surface area contributed by atoms with Crippen molar-refractivity contribution in [2.75, 3.05) is 6.61 Å². The molecule has 4 heteroatoms. The Morgan fingerprint density at radius 2 is 2.36 bits per heavy atom. The van der Waals surface area contributed by atoms with Crippen molar-refractivity contribution >= 4 is 0 Å². The number of nitrogens with one attached hydrogen (secondary N) is 1. The molecule has 60 valence electrons. The van der Waals surface area contributed by atoms with Crippen LogP contribution in [0.2, 0.25) is 0 Å². The molecule has 0 aliphatic heterocycles. The van der Waals surface area contributed by atoms with Crippen molar-refractivity contribution in [1.29, 1.82) is 0 Å². The Kier molecular flexibility index (Phi) is 2.40. The molecule has 0 aromatic carbocycles. The van der Waals surface area contributed by atoms with Crippen LogP contribution < -0.4 is 11.3 Å². The molecule has 0 saturated carbocycles. The molecule has 0 amide bonds. The minimum absolute atomic E-state index is 0.167. The summed E-state index contributed by atoms with van der Waals surface area (Å²) in [5.74, 6) is 0. The second-order valence-corrected chi connectivity index (χ2v) is 2.26. The highest BCUT2D eigenvalue weighted by molar-refractivity contribution is 5.07. The smallest absolute Gasteiger partial charge is 0.248 e. The van der Waals surface area contributed by atoms with Gasteiger partial charge < -0.3 is 15.8 Å². The number of aromatic nitrogens is 1. The van der Waals surface area contributed by atoms with Gasteiger partial charge >= 0.3 is 0 Å². The van der Waals surface area contributed by atoms with Gasteiger partial charge in [-0.1, -0.05) is 6.07 Å². The van der Waals surface area contributed by atoms with Crippen molar-refractivity contribution in [3.8, 4) is 0 Å². The minimum Gasteiger partial charge on any atom is -0.394 e. The molecule has 0 radical (unpaired) electrons. The fourth-order valence-electron chi connectivity index (χ4n) is 0.779. The highest BCUT2D eigenvalue weighted by Gasteiger charge is 2.02. The lowest BCUT2D eigenvalue weighted by atomic mass is 10.2. The molecule has 1 aromatic heterocycles. The zero-order valence-corrected chi connectivity index (χ0v) is 5.95. The molecule has 0 bridgehead atoms. The second kappa shape index (κ2) is 3.32. The summed E-state index contributed by atoms with van der Waals surface area (Å²) in [4.78, 5) is 13.2. The van der Waals surface area contributed by atoms with Crippen LogP contribution in [-0.2, 0) is 0 Å². The zero-order chi connectivity index (χ0) is 8.27. The summed E-state index contributed by atoms with van der Waals surface area (Å²) >= 11 is 0. The molecule has 0 spiro atoms. The van der Waals surface area contributed by atoms with Gasteiger partial charge in [0.1, 0.15) is 0 Å². The molecule has 4 N–H and O–H groups in total. The molecule has 1 rings (SSSR count). The van der Waals surface area contributed by atoms with Gasteiger partial charge in [-0.3, -0.25) is 4.79 Å². The SMILES string of the molecule is N[C@H](CO)c1cccc(=O)[nH]1. The van der Waals surface area contributed by atoms with Crippen molar-refractivity contribution in [2.24, 2.45) is 5.73 Å². The first-order chi connectivity index (χ1) is 5.24. The fourth-order valence-corrected chi connectivity index (χ4v) is 0.779. The maximum absolute atomic E-state index is 10.7. The average Bonchev–Trinajstić information content (AvgIpc) is 2.03. The van der Waals surface area contributed by atoms with E-state index in [1.165, 1.54) is 6.07 Å². The van der Waals surface area contributed by atoms with Gasteiger partial charge in [0.2, 0.25) is 5.56 Å². The van der Waals surface area contributed by atoms with Crippen LogP contribution in [0, 0.1) is 0 Å². The Hall–Kier alpha value is -1.13. The third kappa shape index (κ3) is 1.89. The average molecular weight is 154 g/mol. The van der Waals surface area contributed by atoms with Gasteiger partial charge in [0, 0.05) is 11.8 Å². The Balaban J connectivity index is 2.96. The van der Waals surface area contributed by atoms with Gasteiger partial charge in [0.15, 0.2) is 0 Å². The lowest BCUT2D eigenvalue weighted by molar-refractivity contribution is 0.265. The van der Waals surface area contributed by atoms with Crippen LogP contribution in [0.25, 0.3) is 0 Å². The molecule has 0 fully saturated rings. The van der Waals surface area contributed by atoms with E-state index in [1.54, 1.807) is 12.1 Å². The topological polar surface area (TPSA) is 79.1 Å². The largest absolute Gasteiger partial charge is 0.394 e. The van der Waals surface area contributed by atoms with E-state index in [9.17, 15) is 4.79 Å². The van der Waals surface area contributed by atoms with Crippen molar-refractivity contribution in [1.82, 2.24) is 4.98 Å². The summed E-state index contributed by atoms with van der Waals surface area (Å²) in [6.07, 6.45) is 0. The van der Waals surface area contributed by atoms with Crippen LogP contribution in [0.5, 0.6) is 0 Å². The zero-order valence-electron chi connectivity index (χ0n) is 5.95. The number of nitrogens with two attached hydrogens (primary N) is 1. The van der Waals surface area contributed by atoms with Crippen molar-refractivity contribution < 1.29 is 5.11 Å². The monoisotopic (exact) mass is 154 g/mol. The summed E-state index contributed by atoms with van der Waals surface area (Å²) < 4.78 is 0. The fraction of sp³-hybridized carbons (Fsp3) is 0.286. The van der Waals surface area contributed by atoms with E-state index in [2.05, 4.69) is 4.98 Å². The summed E-state index contributed by atoms with van der Waals surface area (Å²) in [6.45, 7) is -0.167. The summed E-state index contributed by atoms with van der Waals surface area (Å²) in [6, 6.07) is 4.17. The highest BCUT2D eigenvalue weighted by Crippen LogP contribution is 2.01. The molecular formula is C7H10N2O2. The number of hydrogen-bond acceptors (Lipinski definition) is 3. The number of H-pyrrole nitrogens is 1. The van der Waals surface area contributed by atoms with E-state index < -0.39 is 6.04 Å². The predicted molar refractivity (Wildman–Crippen MR) is 41.1 cm³/mol. The van der Waals surface area contributed by atoms with Gasteiger partial charge in [-0.05, 0) is 6.07 Å². The Morgan fingerprint density at radius 1 is 1.64 bits per heavy atom. The van der Waals surface area contributed by atoms with Gasteiger partial charge in [-0.2, -0.15) is 0 Å². The molecular weight excluding hydrogens is 144 g/mol. The van der Waals surface area contributed by atoms with Crippen LogP contribution in [0.3, 0.4) is 0 Å². The third-order valence-electron chi connectivity index (χ3n) is 1.39. The first-order valence-electron chi connectivity index (χ1n) is 3.29. The lowest BCUT2D eigenvalue weighted by Gasteiger charge is -2.06. The molecule has 1 atom stereocenters. The van der Waals surface area contributed by atoms with E-state index in [4.69, 9.17) is 10.8 Å². The van der Waals surface area contributed by atoms with Crippen LogP contribution in [0.15, 0.2) is 23.0 Å².